The van der Waals surface area contributed by atoms with E-state index in [1.807, 2.05) is 0 Å². The highest BCUT2D eigenvalue weighted by Gasteiger charge is 2.32. The first kappa shape index (κ1) is 9.26. The highest BCUT2D eigenvalue weighted by atomic mass is 35.5. The molecule has 1 aliphatic heterocycles. The van der Waals surface area contributed by atoms with Gasteiger partial charge in [-0.25, -0.2) is 0 Å². The van der Waals surface area contributed by atoms with E-state index < -0.39 is 5.24 Å². The first-order valence-corrected chi connectivity index (χ1v) is 4.11. The van der Waals surface area contributed by atoms with E-state index >= 15 is 0 Å². The third kappa shape index (κ3) is 1.85. The molecule has 0 unspecified atom stereocenters. The minimum absolute atomic E-state index is 0.0195. The minimum Gasteiger partial charge on any atom is -0.338 e. The molecule has 1 saturated heterocycles. The molecular formula is C8H10ClNO2. The predicted octanol–water partition coefficient (Wildman–Crippen LogP) is 0.786. The third-order valence-corrected chi connectivity index (χ3v) is 2.19. The molecule has 0 N–H and O–H groups in total. The number of likely N-dealkylation sites (tertiary alicyclic amines) is 1. The van der Waals surface area contributed by atoms with Crippen molar-refractivity contribution in [1.82, 2.24) is 4.90 Å². The topological polar surface area (TPSA) is 37.4 Å². The number of hydrogen-bond acceptors (Lipinski definition) is 2. The number of halogens is 1. The van der Waals surface area contributed by atoms with Crippen molar-refractivity contribution in [3.05, 3.63) is 12.7 Å². The zero-order valence-electron chi connectivity index (χ0n) is 6.62. The summed E-state index contributed by atoms with van der Waals surface area (Å²) in [7, 11) is 0. The van der Waals surface area contributed by atoms with Crippen LogP contribution in [0.4, 0.5) is 0 Å². The summed E-state index contributed by atoms with van der Waals surface area (Å²) < 4.78 is 0. The first-order valence-electron chi connectivity index (χ1n) is 3.73. The normalized spacial score (nSPS) is 22.9. The first-order chi connectivity index (χ1) is 5.65. The molecule has 1 amide bonds. The van der Waals surface area contributed by atoms with Gasteiger partial charge < -0.3 is 4.90 Å². The molecule has 0 bridgehead atoms. The number of rotatable bonds is 3. The summed E-state index contributed by atoms with van der Waals surface area (Å²) in [4.78, 5) is 23.4. The lowest BCUT2D eigenvalue weighted by molar-refractivity contribution is -0.127. The van der Waals surface area contributed by atoms with Crippen LogP contribution in [0, 0.1) is 5.92 Å². The Bertz CT molecular complexity index is 227. The Morgan fingerprint density at radius 3 is 2.92 bits per heavy atom. The maximum Gasteiger partial charge on any atom is 0.227 e. The second kappa shape index (κ2) is 3.72. The van der Waals surface area contributed by atoms with Crippen molar-refractivity contribution in [2.75, 3.05) is 13.1 Å². The molecule has 1 aliphatic rings. The van der Waals surface area contributed by atoms with Crippen LogP contribution in [0.1, 0.15) is 6.42 Å². The predicted molar refractivity (Wildman–Crippen MR) is 45.7 cm³/mol. The Kier molecular flexibility index (Phi) is 2.87. The summed E-state index contributed by atoms with van der Waals surface area (Å²) in [6, 6.07) is 0. The minimum atomic E-state index is -0.421. The van der Waals surface area contributed by atoms with E-state index in [0.29, 0.717) is 13.1 Å². The summed E-state index contributed by atoms with van der Waals surface area (Å²) in [5.41, 5.74) is 0. The van der Waals surface area contributed by atoms with Crippen LogP contribution in [0.2, 0.25) is 0 Å². The van der Waals surface area contributed by atoms with Crippen LogP contribution in [0.25, 0.3) is 0 Å². The summed E-state index contributed by atoms with van der Waals surface area (Å²) >= 11 is 5.27. The van der Waals surface area contributed by atoms with Crippen molar-refractivity contribution >= 4 is 22.8 Å². The summed E-state index contributed by atoms with van der Waals surface area (Å²) in [5, 5.41) is -0.421. The molecule has 3 nitrogen and oxygen atoms in total. The van der Waals surface area contributed by atoms with E-state index in [1.54, 1.807) is 11.0 Å². The van der Waals surface area contributed by atoms with Crippen molar-refractivity contribution in [3.8, 4) is 0 Å². The smallest absolute Gasteiger partial charge is 0.227 e. The van der Waals surface area contributed by atoms with Crippen molar-refractivity contribution < 1.29 is 9.59 Å². The molecule has 4 heteroatoms. The van der Waals surface area contributed by atoms with Crippen LogP contribution in [0.5, 0.6) is 0 Å². The molecule has 0 spiro atoms. The summed E-state index contributed by atoms with van der Waals surface area (Å²) in [6.45, 7) is 4.45. The Labute approximate surface area is 76.0 Å². The van der Waals surface area contributed by atoms with Gasteiger partial charge in [0, 0.05) is 19.5 Å². The van der Waals surface area contributed by atoms with Gasteiger partial charge in [-0.1, -0.05) is 6.08 Å². The van der Waals surface area contributed by atoms with Gasteiger partial charge in [0.2, 0.25) is 11.1 Å². The lowest BCUT2D eigenvalue weighted by atomic mass is 10.1. The third-order valence-electron chi connectivity index (χ3n) is 1.88. The van der Waals surface area contributed by atoms with Crippen molar-refractivity contribution in [2.24, 2.45) is 5.92 Å². The highest BCUT2D eigenvalue weighted by Crippen LogP contribution is 2.19. The molecule has 66 valence electrons. The SMILES string of the molecule is C=CCN1C[C@@H](C(=O)Cl)CC1=O. The lowest BCUT2D eigenvalue weighted by Gasteiger charge is -2.12. The van der Waals surface area contributed by atoms with Crippen LogP contribution in [-0.2, 0) is 9.59 Å². The van der Waals surface area contributed by atoms with E-state index in [9.17, 15) is 9.59 Å². The van der Waals surface area contributed by atoms with Crippen molar-refractivity contribution in [2.45, 2.75) is 6.42 Å². The zero-order valence-corrected chi connectivity index (χ0v) is 7.38. The molecule has 0 radical (unpaired) electrons. The summed E-state index contributed by atoms with van der Waals surface area (Å²) in [6.07, 6.45) is 1.88. The lowest BCUT2D eigenvalue weighted by Crippen LogP contribution is -2.25. The van der Waals surface area contributed by atoms with Gasteiger partial charge in [-0.3, -0.25) is 9.59 Å². The van der Waals surface area contributed by atoms with Gasteiger partial charge in [0.1, 0.15) is 0 Å². The Hall–Kier alpha value is -0.830. The zero-order chi connectivity index (χ0) is 9.14. The second-order valence-electron chi connectivity index (χ2n) is 2.79. The number of hydrogen-bond donors (Lipinski definition) is 0. The van der Waals surface area contributed by atoms with Crippen molar-refractivity contribution in [3.63, 3.8) is 0 Å². The number of amides is 1. The van der Waals surface area contributed by atoms with Crippen LogP contribution in [0.3, 0.4) is 0 Å². The van der Waals surface area contributed by atoms with Gasteiger partial charge in [0.05, 0.1) is 5.92 Å². The van der Waals surface area contributed by atoms with E-state index in [0.717, 1.165) is 0 Å². The quantitative estimate of drug-likeness (QED) is 0.484. The summed E-state index contributed by atoms with van der Waals surface area (Å²) in [5.74, 6) is -0.340. The van der Waals surface area contributed by atoms with Crippen LogP contribution < -0.4 is 0 Å². The van der Waals surface area contributed by atoms with Crippen LogP contribution >= 0.6 is 11.6 Å². The van der Waals surface area contributed by atoms with E-state index in [4.69, 9.17) is 11.6 Å². The molecule has 0 aliphatic carbocycles. The average Bonchev–Trinajstić information content (AvgIpc) is 2.34. The number of nitrogens with zero attached hydrogens (tertiary/aromatic N) is 1. The van der Waals surface area contributed by atoms with Crippen molar-refractivity contribution in [1.29, 1.82) is 0 Å². The van der Waals surface area contributed by atoms with Crippen LogP contribution in [0.15, 0.2) is 12.7 Å². The average molecular weight is 188 g/mol. The monoisotopic (exact) mass is 187 g/mol. The molecule has 0 aromatic heterocycles. The second-order valence-corrected chi connectivity index (χ2v) is 3.17. The molecule has 0 saturated carbocycles. The largest absolute Gasteiger partial charge is 0.338 e. The molecule has 0 aromatic carbocycles. The highest BCUT2D eigenvalue weighted by molar-refractivity contribution is 6.64. The Morgan fingerprint density at radius 1 is 1.83 bits per heavy atom. The van der Waals surface area contributed by atoms with Gasteiger partial charge in [-0.05, 0) is 11.6 Å². The van der Waals surface area contributed by atoms with Gasteiger partial charge in [0.15, 0.2) is 0 Å². The van der Waals surface area contributed by atoms with Gasteiger partial charge in [0.25, 0.3) is 0 Å². The van der Waals surface area contributed by atoms with E-state index in [1.165, 1.54) is 0 Å². The van der Waals surface area contributed by atoms with Gasteiger partial charge >= 0.3 is 0 Å². The van der Waals surface area contributed by atoms with E-state index in [2.05, 4.69) is 6.58 Å². The van der Waals surface area contributed by atoms with E-state index in [-0.39, 0.29) is 18.2 Å². The fraction of sp³-hybridized carbons (Fsp3) is 0.500. The van der Waals surface area contributed by atoms with Gasteiger partial charge in [-0.15, -0.1) is 6.58 Å². The maximum atomic E-state index is 11.1. The molecule has 1 fully saturated rings. The number of carbonyl (C=O) groups is 2. The van der Waals surface area contributed by atoms with Gasteiger partial charge in [-0.2, -0.15) is 0 Å². The Balaban J connectivity index is 2.55. The fourth-order valence-corrected chi connectivity index (χ4v) is 1.40. The molecule has 1 heterocycles. The Morgan fingerprint density at radius 2 is 2.50 bits per heavy atom. The fourth-order valence-electron chi connectivity index (χ4n) is 1.26. The molecule has 0 aromatic rings. The number of carbonyl (C=O) groups excluding carboxylic acids is 2. The van der Waals surface area contributed by atoms with Crippen LogP contribution in [-0.4, -0.2) is 29.1 Å². The standard InChI is InChI=1S/C8H10ClNO2/c1-2-3-10-5-6(8(9)12)4-7(10)11/h2,6H,1,3-5H2/t6-/m0/s1. The maximum absolute atomic E-state index is 11.1. The molecule has 12 heavy (non-hydrogen) atoms. The molecular weight excluding hydrogens is 178 g/mol. The molecule has 1 atom stereocenters. The molecule has 1 rings (SSSR count).